The predicted molar refractivity (Wildman–Crippen MR) is 74.0 cm³/mol. The molecule has 19 heavy (non-hydrogen) atoms. The number of hydrogen-bond acceptors (Lipinski definition) is 3. The minimum Gasteiger partial charge on any atom is -0.368 e. The van der Waals surface area contributed by atoms with Crippen LogP contribution in [0.1, 0.15) is 12.6 Å². The van der Waals surface area contributed by atoms with Crippen molar-refractivity contribution in [2.45, 2.75) is 13.8 Å². The molecule has 0 saturated heterocycles. The number of aromatic nitrogens is 2. The molecule has 0 aliphatic rings. The Kier molecular flexibility index (Phi) is 4.09. The van der Waals surface area contributed by atoms with Gasteiger partial charge in [-0.05, 0) is 48.0 Å². The lowest BCUT2D eigenvalue weighted by molar-refractivity contribution is 0.606. The van der Waals surface area contributed by atoms with Crippen molar-refractivity contribution >= 4 is 21.7 Å². The summed E-state index contributed by atoms with van der Waals surface area (Å²) in [5, 5.41) is 2.84. The van der Waals surface area contributed by atoms with Gasteiger partial charge in [0.05, 0.1) is 10.2 Å². The van der Waals surface area contributed by atoms with E-state index in [-0.39, 0.29) is 17.3 Å². The van der Waals surface area contributed by atoms with Crippen LogP contribution in [0.5, 0.6) is 0 Å². The third-order valence-corrected chi connectivity index (χ3v) is 3.15. The molecule has 0 bridgehead atoms. The summed E-state index contributed by atoms with van der Waals surface area (Å²) in [7, 11) is 0. The zero-order valence-electron chi connectivity index (χ0n) is 10.5. The Bertz CT molecular complexity index is 617. The maximum atomic E-state index is 13.8. The lowest BCUT2D eigenvalue weighted by atomic mass is 10.2. The molecule has 0 aliphatic heterocycles. The van der Waals surface area contributed by atoms with Gasteiger partial charge in [0.15, 0.2) is 17.5 Å². The molecule has 6 heteroatoms. The van der Waals surface area contributed by atoms with Crippen LogP contribution >= 0.6 is 15.9 Å². The largest absolute Gasteiger partial charge is 0.368 e. The van der Waals surface area contributed by atoms with E-state index in [0.29, 0.717) is 22.4 Å². The second kappa shape index (κ2) is 5.61. The van der Waals surface area contributed by atoms with Crippen molar-refractivity contribution < 1.29 is 8.78 Å². The molecular weight excluding hydrogens is 316 g/mol. The van der Waals surface area contributed by atoms with Crippen LogP contribution < -0.4 is 5.32 Å². The highest BCUT2D eigenvalue weighted by atomic mass is 79.9. The number of benzene rings is 1. The number of nitrogens with one attached hydrogen (secondary N) is 1. The van der Waals surface area contributed by atoms with Gasteiger partial charge >= 0.3 is 0 Å². The molecule has 0 saturated carbocycles. The van der Waals surface area contributed by atoms with Crippen LogP contribution in [-0.2, 0) is 0 Å². The van der Waals surface area contributed by atoms with Crippen LogP contribution in [0.4, 0.5) is 14.6 Å². The number of halogens is 3. The maximum absolute atomic E-state index is 13.8. The molecule has 2 rings (SSSR count). The Morgan fingerprint density at radius 2 is 2.00 bits per heavy atom. The smallest absolute Gasteiger partial charge is 0.186 e. The summed E-state index contributed by atoms with van der Waals surface area (Å²) in [6.07, 6.45) is 0. The fraction of sp³-hybridized carbons (Fsp3) is 0.231. The van der Waals surface area contributed by atoms with Crippen molar-refractivity contribution in [3.63, 3.8) is 0 Å². The molecule has 100 valence electrons. The highest BCUT2D eigenvalue weighted by Crippen LogP contribution is 2.25. The van der Waals surface area contributed by atoms with E-state index in [2.05, 4.69) is 31.2 Å². The van der Waals surface area contributed by atoms with Gasteiger partial charge in [-0.3, -0.25) is 0 Å². The SMILES string of the molecule is CCNc1nc(-c2ccc(F)c(Br)c2)nc(C)c1F. The molecule has 0 unspecified atom stereocenters. The van der Waals surface area contributed by atoms with Crippen LogP contribution in [0.25, 0.3) is 11.4 Å². The number of aryl methyl sites for hydroxylation is 1. The van der Waals surface area contributed by atoms with Crippen LogP contribution in [0.2, 0.25) is 0 Å². The van der Waals surface area contributed by atoms with Crippen molar-refractivity contribution in [2.24, 2.45) is 0 Å². The Morgan fingerprint density at radius 3 is 2.63 bits per heavy atom. The van der Waals surface area contributed by atoms with Crippen LogP contribution in [0.15, 0.2) is 22.7 Å². The van der Waals surface area contributed by atoms with E-state index in [1.54, 1.807) is 19.1 Å². The molecule has 1 aromatic carbocycles. The second-order valence-corrected chi connectivity index (χ2v) is 4.81. The first-order valence-corrected chi connectivity index (χ1v) is 6.55. The van der Waals surface area contributed by atoms with E-state index in [1.807, 2.05) is 6.92 Å². The molecule has 0 spiro atoms. The van der Waals surface area contributed by atoms with Gasteiger partial charge in [-0.15, -0.1) is 0 Å². The summed E-state index contributed by atoms with van der Waals surface area (Å²) in [4.78, 5) is 8.21. The normalized spacial score (nSPS) is 10.6. The van der Waals surface area contributed by atoms with Crippen molar-refractivity contribution in [1.82, 2.24) is 9.97 Å². The fourth-order valence-corrected chi connectivity index (χ4v) is 1.99. The second-order valence-electron chi connectivity index (χ2n) is 3.95. The van der Waals surface area contributed by atoms with Crippen LogP contribution in [-0.4, -0.2) is 16.5 Å². The molecular formula is C13H12BrF2N3. The predicted octanol–water partition coefficient (Wildman–Crippen LogP) is 3.92. The molecule has 0 atom stereocenters. The minimum absolute atomic E-state index is 0.158. The topological polar surface area (TPSA) is 37.8 Å². The molecule has 0 fully saturated rings. The number of rotatable bonds is 3. The first kappa shape index (κ1) is 13.9. The summed E-state index contributed by atoms with van der Waals surface area (Å²) >= 11 is 3.11. The fourth-order valence-electron chi connectivity index (χ4n) is 1.61. The average Bonchev–Trinajstić information content (AvgIpc) is 2.38. The average molecular weight is 328 g/mol. The van der Waals surface area contributed by atoms with Crippen molar-refractivity contribution in [3.8, 4) is 11.4 Å². The third-order valence-electron chi connectivity index (χ3n) is 2.54. The van der Waals surface area contributed by atoms with Gasteiger partial charge in [-0.25, -0.2) is 18.7 Å². The first-order chi connectivity index (χ1) is 9.02. The van der Waals surface area contributed by atoms with Gasteiger partial charge in [0.25, 0.3) is 0 Å². The van der Waals surface area contributed by atoms with Crippen molar-refractivity contribution in [3.05, 3.63) is 40.0 Å². The van der Waals surface area contributed by atoms with E-state index < -0.39 is 5.82 Å². The summed E-state index contributed by atoms with van der Waals surface area (Å²) in [5.41, 5.74) is 0.872. The van der Waals surface area contributed by atoms with E-state index in [4.69, 9.17) is 0 Å². The Morgan fingerprint density at radius 1 is 1.26 bits per heavy atom. The molecule has 3 nitrogen and oxygen atoms in total. The minimum atomic E-state index is -0.466. The summed E-state index contributed by atoms with van der Waals surface area (Å²) < 4.78 is 27.3. The van der Waals surface area contributed by atoms with Gasteiger partial charge < -0.3 is 5.32 Å². The number of nitrogens with zero attached hydrogens (tertiary/aromatic N) is 2. The summed E-state index contributed by atoms with van der Waals surface area (Å²) in [6.45, 7) is 3.98. The van der Waals surface area contributed by atoms with E-state index in [0.717, 1.165) is 0 Å². The van der Waals surface area contributed by atoms with E-state index >= 15 is 0 Å². The Hall–Kier alpha value is -1.56. The zero-order valence-corrected chi connectivity index (χ0v) is 12.1. The van der Waals surface area contributed by atoms with Gasteiger partial charge in [-0.1, -0.05) is 0 Å². The van der Waals surface area contributed by atoms with E-state index in [9.17, 15) is 8.78 Å². The van der Waals surface area contributed by atoms with Gasteiger partial charge in [0.2, 0.25) is 0 Å². The number of anilines is 1. The lowest BCUT2D eigenvalue weighted by Gasteiger charge is -2.09. The molecule has 0 aliphatic carbocycles. The highest BCUT2D eigenvalue weighted by molar-refractivity contribution is 9.10. The van der Waals surface area contributed by atoms with Gasteiger partial charge in [-0.2, -0.15) is 0 Å². The Balaban J connectivity index is 2.52. The van der Waals surface area contributed by atoms with Crippen molar-refractivity contribution in [2.75, 3.05) is 11.9 Å². The number of hydrogen-bond donors (Lipinski definition) is 1. The lowest BCUT2D eigenvalue weighted by Crippen LogP contribution is -2.06. The van der Waals surface area contributed by atoms with Crippen LogP contribution in [0.3, 0.4) is 0 Å². The molecule has 0 radical (unpaired) electrons. The highest BCUT2D eigenvalue weighted by Gasteiger charge is 2.13. The molecule has 0 amide bonds. The summed E-state index contributed by atoms with van der Waals surface area (Å²) in [5.74, 6) is -0.317. The monoisotopic (exact) mass is 327 g/mol. The molecule has 1 heterocycles. The van der Waals surface area contributed by atoms with Gasteiger partial charge in [0.1, 0.15) is 5.82 Å². The molecule has 2 aromatic rings. The van der Waals surface area contributed by atoms with Gasteiger partial charge in [0, 0.05) is 12.1 Å². The first-order valence-electron chi connectivity index (χ1n) is 5.76. The standard InChI is InChI=1S/C13H12BrF2N3/c1-3-17-13-11(16)7(2)18-12(19-13)8-4-5-10(15)9(14)6-8/h4-6H,3H2,1-2H3,(H,17,18,19). The van der Waals surface area contributed by atoms with Crippen molar-refractivity contribution in [1.29, 1.82) is 0 Å². The van der Waals surface area contributed by atoms with E-state index in [1.165, 1.54) is 6.07 Å². The molecule has 1 aromatic heterocycles. The molecule has 1 N–H and O–H groups in total. The third kappa shape index (κ3) is 2.89. The zero-order chi connectivity index (χ0) is 14.0. The quantitative estimate of drug-likeness (QED) is 0.928. The van der Waals surface area contributed by atoms with Crippen LogP contribution in [0, 0.1) is 18.6 Å². The summed E-state index contributed by atoms with van der Waals surface area (Å²) in [6, 6.07) is 4.44. The Labute approximate surface area is 118 Å². The maximum Gasteiger partial charge on any atom is 0.186 e.